The summed E-state index contributed by atoms with van der Waals surface area (Å²) in [4.78, 5) is 19.9. The SMILES string of the molecule is Cc1nc2ccccn2c1CN1CCN(CCC(=O)O)CC1. The van der Waals surface area contributed by atoms with Crippen LogP contribution in [0, 0.1) is 6.92 Å². The van der Waals surface area contributed by atoms with Crippen LogP contribution in [0.2, 0.25) is 0 Å². The molecule has 0 atom stereocenters. The highest BCUT2D eigenvalue weighted by Gasteiger charge is 2.19. The lowest BCUT2D eigenvalue weighted by atomic mass is 10.2. The second-order valence-electron chi connectivity index (χ2n) is 5.83. The Hall–Kier alpha value is -1.92. The van der Waals surface area contributed by atoms with Crippen molar-refractivity contribution in [2.75, 3.05) is 32.7 Å². The second-order valence-corrected chi connectivity index (χ2v) is 5.83. The van der Waals surface area contributed by atoms with Crippen LogP contribution in [0.5, 0.6) is 0 Å². The van der Waals surface area contributed by atoms with Gasteiger partial charge in [0, 0.05) is 45.5 Å². The first-order valence-corrected chi connectivity index (χ1v) is 7.72. The normalized spacial score (nSPS) is 17.1. The Labute approximate surface area is 130 Å². The zero-order valence-corrected chi connectivity index (χ0v) is 12.9. The molecule has 3 rings (SSSR count). The van der Waals surface area contributed by atoms with Crippen LogP contribution in [-0.4, -0.2) is 63.0 Å². The van der Waals surface area contributed by atoms with E-state index in [4.69, 9.17) is 5.11 Å². The molecule has 0 aromatic carbocycles. The van der Waals surface area contributed by atoms with Crippen molar-refractivity contribution in [1.29, 1.82) is 0 Å². The Bertz CT molecular complexity index is 659. The van der Waals surface area contributed by atoms with Crippen LogP contribution >= 0.6 is 0 Å². The third-order valence-electron chi connectivity index (χ3n) is 4.31. The molecule has 0 bridgehead atoms. The number of carboxylic acids is 1. The van der Waals surface area contributed by atoms with Gasteiger partial charge in [-0.3, -0.25) is 9.69 Å². The van der Waals surface area contributed by atoms with Crippen molar-refractivity contribution < 1.29 is 9.90 Å². The second kappa shape index (κ2) is 6.46. The number of aliphatic carboxylic acids is 1. The molecule has 0 aliphatic carbocycles. The number of hydrogen-bond donors (Lipinski definition) is 1. The Morgan fingerprint density at radius 3 is 2.68 bits per heavy atom. The fraction of sp³-hybridized carbons (Fsp3) is 0.500. The minimum Gasteiger partial charge on any atom is -0.481 e. The van der Waals surface area contributed by atoms with Gasteiger partial charge in [-0.2, -0.15) is 0 Å². The summed E-state index contributed by atoms with van der Waals surface area (Å²) >= 11 is 0. The number of imidazole rings is 1. The first-order chi connectivity index (χ1) is 10.6. The fourth-order valence-corrected chi connectivity index (χ4v) is 2.99. The third kappa shape index (κ3) is 3.28. The summed E-state index contributed by atoms with van der Waals surface area (Å²) in [5.74, 6) is -0.719. The van der Waals surface area contributed by atoms with Crippen molar-refractivity contribution in [1.82, 2.24) is 19.2 Å². The number of piperazine rings is 1. The summed E-state index contributed by atoms with van der Waals surface area (Å²) in [6, 6.07) is 6.06. The molecule has 2 aromatic heterocycles. The van der Waals surface area contributed by atoms with Crippen LogP contribution in [0.15, 0.2) is 24.4 Å². The summed E-state index contributed by atoms with van der Waals surface area (Å²) in [5.41, 5.74) is 3.32. The number of hydrogen-bond acceptors (Lipinski definition) is 4. The van der Waals surface area contributed by atoms with Gasteiger partial charge in [0.15, 0.2) is 0 Å². The summed E-state index contributed by atoms with van der Waals surface area (Å²) < 4.78 is 2.16. The van der Waals surface area contributed by atoms with Gasteiger partial charge in [-0.05, 0) is 19.1 Å². The van der Waals surface area contributed by atoms with Crippen LogP contribution in [0.1, 0.15) is 17.8 Å². The lowest BCUT2D eigenvalue weighted by Crippen LogP contribution is -2.46. The topological polar surface area (TPSA) is 61.1 Å². The molecule has 0 spiro atoms. The highest BCUT2D eigenvalue weighted by molar-refractivity contribution is 5.66. The van der Waals surface area contributed by atoms with Crippen LogP contribution in [0.3, 0.4) is 0 Å². The number of fused-ring (bicyclic) bond motifs is 1. The van der Waals surface area contributed by atoms with Crippen molar-refractivity contribution in [2.45, 2.75) is 19.9 Å². The Morgan fingerprint density at radius 1 is 1.23 bits per heavy atom. The Kier molecular flexibility index (Phi) is 4.40. The molecular formula is C16H22N4O2. The molecule has 2 aromatic rings. The molecule has 1 fully saturated rings. The van der Waals surface area contributed by atoms with E-state index < -0.39 is 5.97 Å². The molecule has 1 aliphatic rings. The fourth-order valence-electron chi connectivity index (χ4n) is 2.99. The van der Waals surface area contributed by atoms with E-state index in [0.29, 0.717) is 6.54 Å². The van der Waals surface area contributed by atoms with E-state index in [1.165, 1.54) is 5.69 Å². The molecule has 6 heteroatoms. The molecule has 1 saturated heterocycles. The van der Waals surface area contributed by atoms with E-state index in [1.807, 2.05) is 18.2 Å². The predicted octanol–water partition coefficient (Wildman–Crippen LogP) is 1.24. The molecule has 0 amide bonds. The number of aryl methyl sites for hydroxylation is 1. The number of nitrogens with zero attached hydrogens (tertiary/aromatic N) is 4. The summed E-state index contributed by atoms with van der Waals surface area (Å²) in [5, 5.41) is 8.75. The van der Waals surface area contributed by atoms with Gasteiger partial charge in [-0.15, -0.1) is 0 Å². The maximum Gasteiger partial charge on any atom is 0.304 e. The van der Waals surface area contributed by atoms with Crippen molar-refractivity contribution in [3.63, 3.8) is 0 Å². The minimum absolute atomic E-state index is 0.229. The van der Waals surface area contributed by atoms with Gasteiger partial charge in [0.05, 0.1) is 17.8 Å². The smallest absolute Gasteiger partial charge is 0.304 e. The molecule has 0 unspecified atom stereocenters. The summed E-state index contributed by atoms with van der Waals surface area (Å²) in [6.07, 6.45) is 2.29. The van der Waals surface area contributed by atoms with Gasteiger partial charge in [0.2, 0.25) is 0 Å². The summed E-state index contributed by atoms with van der Waals surface area (Å²) in [6.45, 7) is 7.41. The maximum absolute atomic E-state index is 10.6. The first-order valence-electron chi connectivity index (χ1n) is 7.72. The maximum atomic E-state index is 10.6. The number of rotatable bonds is 5. The van der Waals surface area contributed by atoms with E-state index in [9.17, 15) is 4.79 Å². The van der Waals surface area contributed by atoms with E-state index >= 15 is 0 Å². The number of pyridine rings is 1. The molecule has 6 nitrogen and oxygen atoms in total. The quantitative estimate of drug-likeness (QED) is 0.900. The van der Waals surface area contributed by atoms with E-state index in [0.717, 1.165) is 44.1 Å². The van der Waals surface area contributed by atoms with Crippen molar-refractivity contribution in [3.05, 3.63) is 35.8 Å². The van der Waals surface area contributed by atoms with E-state index in [2.05, 4.69) is 32.3 Å². The molecular weight excluding hydrogens is 280 g/mol. The molecule has 22 heavy (non-hydrogen) atoms. The Morgan fingerprint density at radius 2 is 1.95 bits per heavy atom. The van der Waals surface area contributed by atoms with Crippen molar-refractivity contribution in [2.24, 2.45) is 0 Å². The number of carboxylic acid groups (broad SMARTS) is 1. The lowest BCUT2D eigenvalue weighted by molar-refractivity contribution is -0.137. The zero-order chi connectivity index (χ0) is 15.5. The van der Waals surface area contributed by atoms with Gasteiger partial charge >= 0.3 is 5.97 Å². The average molecular weight is 302 g/mol. The van der Waals surface area contributed by atoms with Gasteiger partial charge in [-0.1, -0.05) is 6.07 Å². The molecule has 1 aliphatic heterocycles. The third-order valence-corrected chi connectivity index (χ3v) is 4.31. The number of aromatic nitrogens is 2. The summed E-state index contributed by atoms with van der Waals surface area (Å²) in [7, 11) is 0. The van der Waals surface area contributed by atoms with Crippen LogP contribution in [0.4, 0.5) is 0 Å². The minimum atomic E-state index is -0.719. The molecule has 0 radical (unpaired) electrons. The average Bonchev–Trinajstić information content (AvgIpc) is 2.83. The van der Waals surface area contributed by atoms with Crippen molar-refractivity contribution >= 4 is 11.6 Å². The standard InChI is InChI=1S/C16H22N4O2/c1-13-14(20-6-3-2-4-15(20)17-13)12-19-10-8-18(9-11-19)7-5-16(21)22/h2-4,6H,5,7-12H2,1H3,(H,21,22). The lowest BCUT2D eigenvalue weighted by Gasteiger charge is -2.34. The molecule has 118 valence electrons. The van der Waals surface area contributed by atoms with Crippen LogP contribution in [0.25, 0.3) is 5.65 Å². The Balaban J connectivity index is 1.60. The highest BCUT2D eigenvalue weighted by Crippen LogP contribution is 2.15. The molecule has 1 N–H and O–H groups in total. The van der Waals surface area contributed by atoms with Crippen LogP contribution < -0.4 is 0 Å². The van der Waals surface area contributed by atoms with Crippen molar-refractivity contribution in [3.8, 4) is 0 Å². The van der Waals surface area contributed by atoms with E-state index in [1.54, 1.807) is 0 Å². The predicted molar refractivity (Wildman–Crippen MR) is 83.9 cm³/mol. The zero-order valence-electron chi connectivity index (χ0n) is 12.9. The monoisotopic (exact) mass is 302 g/mol. The number of carbonyl (C=O) groups is 1. The molecule has 3 heterocycles. The first kappa shape index (κ1) is 15.0. The molecule has 0 saturated carbocycles. The largest absolute Gasteiger partial charge is 0.481 e. The van der Waals surface area contributed by atoms with Gasteiger partial charge < -0.3 is 14.4 Å². The van der Waals surface area contributed by atoms with Gasteiger partial charge in [0.1, 0.15) is 5.65 Å². The van der Waals surface area contributed by atoms with Gasteiger partial charge in [0.25, 0.3) is 0 Å². The van der Waals surface area contributed by atoms with E-state index in [-0.39, 0.29) is 6.42 Å². The highest BCUT2D eigenvalue weighted by atomic mass is 16.4. The van der Waals surface area contributed by atoms with Crippen LogP contribution in [-0.2, 0) is 11.3 Å². The van der Waals surface area contributed by atoms with Gasteiger partial charge in [-0.25, -0.2) is 4.98 Å².